The number of hydrogen-bond donors (Lipinski definition) is 0. The van der Waals surface area contributed by atoms with E-state index in [9.17, 15) is 4.79 Å². The zero-order valence-electron chi connectivity index (χ0n) is 13.1. The first-order valence-electron chi connectivity index (χ1n) is 8.08. The van der Waals surface area contributed by atoms with Crippen LogP contribution in [0.2, 0.25) is 0 Å². The van der Waals surface area contributed by atoms with Crippen molar-refractivity contribution in [1.29, 1.82) is 0 Å². The Balaban J connectivity index is 1.61. The fourth-order valence-electron chi connectivity index (χ4n) is 3.14. The number of hydrogen-bond acceptors (Lipinski definition) is 3. The van der Waals surface area contributed by atoms with E-state index in [0.717, 1.165) is 44.5 Å². The van der Waals surface area contributed by atoms with Gasteiger partial charge in [0.2, 0.25) is 0 Å². The van der Waals surface area contributed by atoms with E-state index in [2.05, 4.69) is 22.5 Å². The second kappa shape index (κ2) is 7.09. The summed E-state index contributed by atoms with van der Waals surface area (Å²) in [6.45, 7) is 4.87. The first-order valence-corrected chi connectivity index (χ1v) is 8.96. The molecule has 1 saturated heterocycles. The van der Waals surface area contributed by atoms with Crippen molar-refractivity contribution in [3.8, 4) is 0 Å². The van der Waals surface area contributed by atoms with Crippen molar-refractivity contribution >= 4 is 17.2 Å². The van der Waals surface area contributed by atoms with Crippen molar-refractivity contribution in [3.05, 3.63) is 40.6 Å². The van der Waals surface area contributed by atoms with Crippen LogP contribution in [-0.4, -0.2) is 33.4 Å². The van der Waals surface area contributed by atoms with Gasteiger partial charge < -0.3 is 9.47 Å². The number of aryl methyl sites for hydroxylation is 1. The second-order valence-corrected chi connectivity index (χ2v) is 7.07. The molecule has 118 valence electrons. The Morgan fingerprint density at radius 3 is 3.18 bits per heavy atom. The predicted molar refractivity (Wildman–Crippen MR) is 89.2 cm³/mol. The summed E-state index contributed by atoms with van der Waals surface area (Å²) in [7, 11) is 0. The van der Waals surface area contributed by atoms with Gasteiger partial charge in [-0.1, -0.05) is 13.3 Å². The van der Waals surface area contributed by atoms with Crippen molar-refractivity contribution < 1.29 is 4.79 Å². The molecule has 0 spiro atoms. The molecule has 0 radical (unpaired) electrons. The minimum Gasteiger partial charge on any atom is -0.338 e. The van der Waals surface area contributed by atoms with Crippen LogP contribution in [0.1, 0.15) is 41.4 Å². The molecule has 1 amide bonds. The largest absolute Gasteiger partial charge is 0.338 e. The van der Waals surface area contributed by atoms with Gasteiger partial charge in [-0.15, -0.1) is 11.3 Å². The number of carbonyl (C=O) groups excluding carboxylic acids is 1. The number of aromatic nitrogens is 2. The minimum absolute atomic E-state index is 0.203. The minimum atomic E-state index is 0.203. The standard InChI is InChI=1S/C17H23N3OS/c1-2-4-16-9-15(12-22-16)17(21)20-7-3-5-14(11-20)10-19-8-6-18-13-19/h6,8-9,12-14H,2-5,7,10-11H2,1H3/t14-/m1/s1. The van der Waals surface area contributed by atoms with Crippen LogP contribution in [0.5, 0.6) is 0 Å². The van der Waals surface area contributed by atoms with Gasteiger partial charge in [-0.3, -0.25) is 4.79 Å². The van der Waals surface area contributed by atoms with E-state index in [4.69, 9.17) is 0 Å². The van der Waals surface area contributed by atoms with Gasteiger partial charge in [0.25, 0.3) is 5.91 Å². The zero-order chi connectivity index (χ0) is 15.4. The smallest absolute Gasteiger partial charge is 0.254 e. The monoisotopic (exact) mass is 317 g/mol. The molecule has 1 atom stereocenters. The van der Waals surface area contributed by atoms with Gasteiger partial charge in [0, 0.05) is 42.3 Å². The van der Waals surface area contributed by atoms with Crippen LogP contribution >= 0.6 is 11.3 Å². The van der Waals surface area contributed by atoms with Crippen molar-refractivity contribution in [2.75, 3.05) is 13.1 Å². The molecule has 1 aliphatic rings. The summed E-state index contributed by atoms with van der Waals surface area (Å²) in [6.07, 6.45) is 10.1. The Bertz CT molecular complexity index is 605. The lowest BCUT2D eigenvalue weighted by Crippen LogP contribution is -2.40. The molecule has 1 fully saturated rings. The van der Waals surface area contributed by atoms with Crippen LogP contribution in [0.4, 0.5) is 0 Å². The van der Waals surface area contributed by atoms with Gasteiger partial charge in [0.05, 0.1) is 11.9 Å². The molecule has 0 unspecified atom stereocenters. The molecule has 0 aliphatic carbocycles. The highest BCUT2D eigenvalue weighted by Crippen LogP contribution is 2.23. The van der Waals surface area contributed by atoms with Gasteiger partial charge in [-0.05, 0) is 31.2 Å². The van der Waals surface area contributed by atoms with E-state index in [1.165, 1.54) is 11.3 Å². The maximum absolute atomic E-state index is 12.7. The lowest BCUT2D eigenvalue weighted by atomic mass is 9.97. The van der Waals surface area contributed by atoms with E-state index in [1.807, 2.05) is 29.0 Å². The molecule has 5 heteroatoms. The van der Waals surface area contributed by atoms with Crippen LogP contribution < -0.4 is 0 Å². The molecule has 4 nitrogen and oxygen atoms in total. The quantitative estimate of drug-likeness (QED) is 0.847. The summed E-state index contributed by atoms with van der Waals surface area (Å²) >= 11 is 1.71. The summed E-state index contributed by atoms with van der Waals surface area (Å²) in [5.74, 6) is 0.731. The number of amides is 1. The number of likely N-dealkylation sites (tertiary alicyclic amines) is 1. The van der Waals surface area contributed by atoms with Crippen LogP contribution in [0.25, 0.3) is 0 Å². The number of carbonyl (C=O) groups is 1. The third-order valence-electron chi connectivity index (χ3n) is 4.23. The molecule has 2 aromatic rings. The van der Waals surface area contributed by atoms with Gasteiger partial charge in [-0.25, -0.2) is 4.98 Å². The van der Waals surface area contributed by atoms with E-state index in [0.29, 0.717) is 5.92 Å². The van der Waals surface area contributed by atoms with E-state index in [1.54, 1.807) is 11.3 Å². The summed E-state index contributed by atoms with van der Waals surface area (Å²) in [5.41, 5.74) is 0.872. The Morgan fingerprint density at radius 2 is 2.41 bits per heavy atom. The first kappa shape index (κ1) is 15.3. The maximum atomic E-state index is 12.7. The van der Waals surface area contributed by atoms with Gasteiger partial charge in [0.1, 0.15) is 0 Å². The summed E-state index contributed by atoms with van der Waals surface area (Å²) in [4.78, 5) is 20.1. The Morgan fingerprint density at radius 1 is 1.50 bits per heavy atom. The molecule has 0 saturated carbocycles. The summed E-state index contributed by atoms with van der Waals surface area (Å²) in [6, 6.07) is 2.08. The van der Waals surface area contributed by atoms with Crippen LogP contribution in [-0.2, 0) is 13.0 Å². The molecule has 2 aromatic heterocycles. The zero-order valence-corrected chi connectivity index (χ0v) is 13.9. The molecule has 0 N–H and O–H groups in total. The van der Waals surface area contributed by atoms with Crippen molar-refractivity contribution in [1.82, 2.24) is 14.5 Å². The third-order valence-corrected chi connectivity index (χ3v) is 5.23. The number of thiophene rings is 1. The average Bonchev–Trinajstić information content (AvgIpc) is 3.19. The molecule has 22 heavy (non-hydrogen) atoms. The Hall–Kier alpha value is -1.62. The highest BCUT2D eigenvalue weighted by Gasteiger charge is 2.25. The molecular formula is C17H23N3OS. The van der Waals surface area contributed by atoms with Crippen molar-refractivity contribution in [2.45, 2.75) is 39.2 Å². The Kier molecular flexibility index (Phi) is 4.93. The normalized spacial score (nSPS) is 18.6. The van der Waals surface area contributed by atoms with E-state index in [-0.39, 0.29) is 5.91 Å². The average molecular weight is 317 g/mol. The van der Waals surface area contributed by atoms with Crippen LogP contribution in [0, 0.1) is 5.92 Å². The summed E-state index contributed by atoms with van der Waals surface area (Å²) < 4.78 is 2.11. The predicted octanol–water partition coefficient (Wildman–Crippen LogP) is 3.45. The fraction of sp³-hybridized carbons (Fsp3) is 0.529. The highest BCUT2D eigenvalue weighted by molar-refractivity contribution is 7.10. The number of rotatable bonds is 5. The van der Waals surface area contributed by atoms with E-state index >= 15 is 0 Å². The molecule has 3 rings (SSSR count). The molecule has 0 bridgehead atoms. The number of piperidine rings is 1. The van der Waals surface area contributed by atoms with Crippen molar-refractivity contribution in [2.24, 2.45) is 5.92 Å². The lowest BCUT2D eigenvalue weighted by Gasteiger charge is -2.32. The summed E-state index contributed by atoms with van der Waals surface area (Å²) in [5, 5.41) is 2.02. The highest BCUT2D eigenvalue weighted by atomic mass is 32.1. The van der Waals surface area contributed by atoms with Crippen LogP contribution in [0.15, 0.2) is 30.2 Å². The molecule has 3 heterocycles. The maximum Gasteiger partial charge on any atom is 0.254 e. The number of nitrogens with zero attached hydrogens (tertiary/aromatic N) is 3. The van der Waals surface area contributed by atoms with Crippen molar-refractivity contribution in [3.63, 3.8) is 0 Å². The van der Waals surface area contributed by atoms with Gasteiger partial charge in [-0.2, -0.15) is 0 Å². The topological polar surface area (TPSA) is 38.1 Å². The lowest BCUT2D eigenvalue weighted by molar-refractivity contribution is 0.0663. The SMILES string of the molecule is CCCc1cc(C(=O)N2CCC[C@H](Cn3ccnc3)C2)cs1. The third kappa shape index (κ3) is 3.58. The molecule has 0 aromatic carbocycles. The van der Waals surface area contributed by atoms with E-state index < -0.39 is 0 Å². The van der Waals surface area contributed by atoms with Crippen LogP contribution in [0.3, 0.4) is 0 Å². The Labute approximate surface area is 135 Å². The second-order valence-electron chi connectivity index (χ2n) is 6.07. The van der Waals surface area contributed by atoms with Gasteiger partial charge >= 0.3 is 0 Å². The molecule has 1 aliphatic heterocycles. The molecular weight excluding hydrogens is 294 g/mol. The number of imidazole rings is 1. The van der Waals surface area contributed by atoms with Gasteiger partial charge in [0.15, 0.2) is 0 Å². The first-order chi connectivity index (χ1) is 10.8. The fourth-order valence-corrected chi connectivity index (χ4v) is 4.11.